The zero-order valence-corrected chi connectivity index (χ0v) is 12.2. The van der Waals surface area contributed by atoms with E-state index in [4.69, 9.17) is 5.73 Å². The molecule has 3 nitrogen and oxygen atoms in total. The van der Waals surface area contributed by atoms with Crippen molar-refractivity contribution in [2.45, 2.75) is 39.0 Å². The molecule has 1 aromatic carbocycles. The van der Waals surface area contributed by atoms with Gasteiger partial charge in [0.25, 0.3) is 0 Å². The van der Waals surface area contributed by atoms with Crippen LogP contribution in [0.25, 0.3) is 0 Å². The minimum atomic E-state index is -4.42. The molecule has 2 N–H and O–H groups in total. The van der Waals surface area contributed by atoms with Crippen molar-refractivity contribution in [3.05, 3.63) is 35.9 Å². The Hall–Kier alpha value is -1.56. The fraction of sp³-hybridized carbons (Fsp3) is 0.533. The molecule has 0 aromatic heterocycles. The van der Waals surface area contributed by atoms with Crippen molar-refractivity contribution in [3.63, 3.8) is 0 Å². The van der Waals surface area contributed by atoms with Crippen molar-refractivity contribution in [2.75, 3.05) is 6.54 Å². The molecular formula is C15H21F3N2O. The van der Waals surface area contributed by atoms with E-state index in [1.165, 1.54) is 0 Å². The van der Waals surface area contributed by atoms with Crippen LogP contribution >= 0.6 is 0 Å². The molecule has 1 amide bonds. The second-order valence-electron chi connectivity index (χ2n) is 5.46. The maximum absolute atomic E-state index is 12.6. The van der Waals surface area contributed by atoms with E-state index in [1.807, 2.05) is 13.8 Å². The van der Waals surface area contributed by atoms with Crippen molar-refractivity contribution < 1.29 is 18.0 Å². The summed E-state index contributed by atoms with van der Waals surface area (Å²) in [4.78, 5) is 12.9. The molecule has 1 aromatic rings. The molecule has 0 aliphatic heterocycles. The van der Waals surface area contributed by atoms with Gasteiger partial charge in [0.15, 0.2) is 0 Å². The molecule has 0 spiro atoms. The minimum Gasteiger partial charge on any atom is -0.329 e. The Kier molecular flexibility index (Phi) is 6.20. The minimum absolute atomic E-state index is 0.0402. The molecule has 0 aliphatic carbocycles. The van der Waals surface area contributed by atoms with Crippen molar-refractivity contribution in [1.82, 2.24) is 4.90 Å². The first kappa shape index (κ1) is 17.5. The van der Waals surface area contributed by atoms with Gasteiger partial charge in [0.2, 0.25) is 5.91 Å². The first-order valence-corrected chi connectivity index (χ1v) is 6.83. The van der Waals surface area contributed by atoms with Gasteiger partial charge in [0.05, 0.1) is 0 Å². The third kappa shape index (κ3) is 6.62. The van der Waals surface area contributed by atoms with Gasteiger partial charge >= 0.3 is 6.18 Å². The fourth-order valence-electron chi connectivity index (χ4n) is 1.82. The van der Waals surface area contributed by atoms with E-state index >= 15 is 0 Å². The van der Waals surface area contributed by atoms with E-state index in [0.29, 0.717) is 5.56 Å². The first-order chi connectivity index (χ1) is 9.69. The summed E-state index contributed by atoms with van der Waals surface area (Å²) in [6, 6.07) is 8.17. The van der Waals surface area contributed by atoms with E-state index in [-0.39, 0.29) is 18.9 Å². The quantitative estimate of drug-likeness (QED) is 0.878. The molecule has 6 heteroatoms. The van der Waals surface area contributed by atoms with Crippen LogP contribution in [0.15, 0.2) is 30.3 Å². The van der Waals surface area contributed by atoms with Gasteiger partial charge in [-0.3, -0.25) is 4.79 Å². The summed E-state index contributed by atoms with van der Waals surface area (Å²) in [6.07, 6.45) is -4.51. The monoisotopic (exact) mass is 302 g/mol. The second-order valence-corrected chi connectivity index (χ2v) is 5.46. The number of amides is 1. The van der Waals surface area contributed by atoms with E-state index in [2.05, 4.69) is 0 Å². The van der Waals surface area contributed by atoms with Crippen molar-refractivity contribution in [2.24, 2.45) is 11.7 Å². The van der Waals surface area contributed by atoms with Crippen molar-refractivity contribution >= 4 is 5.91 Å². The van der Waals surface area contributed by atoms with Crippen LogP contribution in [0.1, 0.15) is 25.8 Å². The zero-order chi connectivity index (χ0) is 16.0. The lowest BCUT2D eigenvalue weighted by Crippen LogP contribution is -2.42. The van der Waals surface area contributed by atoms with Gasteiger partial charge < -0.3 is 10.6 Å². The summed E-state index contributed by atoms with van der Waals surface area (Å²) in [7, 11) is 0. The summed E-state index contributed by atoms with van der Waals surface area (Å²) in [5.41, 5.74) is 6.44. The summed E-state index contributed by atoms with van der Waals surface area (Å²) >= 11 is 0. The highest BCUT2D eigenvalue weighted by Gasteiger charge is 2.33. The van der Waals surface area contributed by atoms with E-state index in [0.717, 1.165) is 4.90 Å². The SMILES string of the molecule is CC(C)C(N)CC(=O)N(Cc1ccccc1)CC(F)(F)F. The fourth-order valence-corrected chi connectivity index (χ4v) is 1.82. The van der Waals surface area contributed by atoms with Gasteiger partial charge in [0.1, 0.15) is 6.54 Å². The molecule has 1 atom stereocenters. The Balaban J connectivity index is 2.79. The maximum atomic E-state index is 12.6. The molecule has 0 heterocycles. The molecule has 1 rings (SSSR count). The number of hydrogen-bond donors (Lipinski definition) is 1. The van der Waals surface area contributed by atoms with Crippen molar-refractivity contribution in [3.8, 4) is 0 Å². The van der Waals surface area contributed by atoms with Crippen LogP contribution in [0.3, 0.4) is 0 Å². The third-order valence-corrected chi connectivity index (χ3v) is 3.21. The summed E-state index contributed by atoms with van der Waals surface area (Å²) < 4.78 is 37.9. The lowest BCUT2D eigenvalue weighted by Gasteiger charge is -2.26. The Morgan fingerprint density at radius 1 is 1.24 bits per heavy atom. The molecule has 0 bridgehead atoms. The van der Waals surface area contributed by atoms with Crippen molar-refractivity contribution in [1.29, 1.82) is 0 Å². The van der Waals surface area contributed by atoms with Crippen LogP contribution in [0.5, 0.6) is 0 Å². The molecule has 0 aliphatic rings. The summed E-state index contributed by atoms with van der Waals surface area (Å²) in [6.45, 7) is 2.35. The lowest BCUT2D eigenvalue weighted by molar-refractivity contribution is -0.162. The average Bonchev–Trinajstić information content (AvgIpc) is 2.37. The number of nitrogens with zero attached hydrogens (tertiary/aromatic N) is 1. The zero-order valence-electron chi connectivity index (χ0n) is 12.2. The number of carbonyl (C=O) groups excluding carboxylic acids is 1. The third-order valence-electron chi connectivity index (χ3n) is 3.21. The van der Waals surface area contributed by atoms with Crippen LogP contribution in [0.4, 0.5) is 13.2 Å². The van der Waals surface area contributed by atoms with Gasteiger partial charge in [-0.2, -0.15) is 13.2 Å². The molecule has 21 heavy (non-hydrogen) atoms. The molecule has 0 radical (unpaired) electrons. The highest BCUT2D eigenvalue weighted by molar-refractivity contribution is 5.77. The molecule has 0 fully saturated rings. The standard InChI is InChI=1S/C15H21F3N2O/c1-11(2)13(19)8-14(21)20(10-15(16,17)18)9-12-6-4-3-5-7-12/h3-7,11,13H,8-10,19H2,1-2H3. The van der Waals surface area contributed by atoms with Crippen LogP contribution in [0, 0.1) is 5.92 Å². The van der Waals surface area contributed by atoms with Gasteiger partial charge in [-0.1, -0.05) is 44.2 Å². The second kappa shape index (κ2) is 7.45. The highest BCUT2D eigenvalue weighted by Crippen LogP contribution is 2.19. The molecule has 0 saturated carbocycles. The molecule has 118 valence electrons. The van der Waals surface area contributed by atoms with Crippen LogP contribution in [-0.2, 0) is 11.3 Å². The van der Waals surface area contributed by atoms with E-state index in [1.54, 1.807) is 30.3 Å². The number of rotatable bonds is 6. The van der Waals surface area contributed by atoms with Gasteiger partial charge in [-0.05, 0) is 11.5 Å². The van der Waals surface area contributed by atoms with Crippen LogP contribution in [0.2, 0.25) is 0 Å². The van der Waals surface area contributed by atoms with E-state index in [9.17, 15) is 18.0 Å². The molecular weight excluding hydrogens is 281 g/mol. The number of benzene rings is 1. The van der Waals surface area contributed by atoms with Gasteiger partial charge in [-0.15, -0.1) is 0 Å². The first-order valence-electron chi connectivity index (χ1n) is 6.83. The average molecular weight is 302 g/mol. The van der Waals surface area contributed by atoms with Gasteiger partial charge in [-0.25, -0.2) is 0 Å². The highest BCUT2D eigenvalue weighted by atomic mass is 19.4. The number of nitrogens with two attached hydrogens (primary N) is 1. The number of carbonyl (C=O) groups is 1. The van der Waals surface area contributed by atoms with Gasteiger partial charge in [0, 0.05) is 19.0 Å². The predicted molar refractivity (Wildman–Crippen MR) is 75.3 cm³/mol. The predicted octanol–water partition coefficient (Wildman–Crippen LogP) is 2.95. The van der Waals surface area contributed by atoms with Crippen LogP contribution in [-0.4, -0.2) is 29.6 Å². The normalized spacial score (nSPS) is 13.3. The summed E-state index contributed by atoms with van der Waals surface area (Å²) in [5.74, 6) is -0.532. The maximum Gasteiger partial charge on any atom is 0.406 e. The largest absolute Gasteiger partial charge is 0.406 e. The number of alkyl halides is 3. The smallest absolute Gasteiger partial charge is 0.329 e. The Bertz CT molecular complexity index is 446. The number of hydrogen-bond acceptors (Lipinski definition) is 2. The lowest BCUT2D eigenvalue weighted by atomic mass is 10.0. The molecule has 0 saturated heterocycles. The summed E-state index contributed by atoms with van der Waals surface area (Å²) in [5, 5.41) is 0. The Morgan fingerprint density at radius 2 is 1.81 bits per heavy atom. The van der Waals surface area contributed by atoms with E-state index < -0.39 is 24.7 Å². The Labute approximate surface area is 122 Å². The molecule has 1 unspecified atom stereocenters. The van der Waals surface area contributed by atoms with Crippen LogP contribution < -0.4 is 5.73 Å². The number of halogens is 3. The Morgan fingerprint density at radius 3 is 2.29 bits per heavy atom. The topological polar surface area (TPSA) is 46.3 Å².